The van der Waals surface area contributed by atoms with Crippen molar-refractivity contribution in [1.29, 1.82) is 0 Å². The number of piperazine rings is 1. The first kappa shape index (κ1) is 16.5. The monoisotopic (exact) mass is 343 g/mol. The normalized spacial score (nSPS) is 24.9. The molecule has 0 unspecified atom stereocenters. The van der Waals surface area contributed by atoms with Gasteiger partial charge in [-0.2, -0.15) is 0 Å². The predicted molar refractivity (Wildman–Crippen MR) is 94.0 cm³/mol. The van der Waals surface area contributed by atoms with Gasteiger partial charge in [-0.15, -0.1) is 0 Å². The first-order valence-electron chi connectivity index (χ1n) is 9.02. The van der Waals surface area contributed by atoms with Gasteiger partial charge in [-0.05, 0) is 25.0 Å². The number of nitrogens with zero attached hydrogens (tertiary/aromatic N) is 4. The van der Waals surface area contributed by atoms with Crippen molar-refractivity contribution in [3.05, 3.63) is 36.3 Å². The molecule has 2 saturated heterocycles. The summed E-state index contributed by atoms with van der Waals surface area (Å²) in [6.07, 6.45) is 5.53. The second-order valence-electron chi connectivity index (χ2n) is 6.86. The smallest absolute Gasteiger partial charge is 0.251 e. The van der Waals surface area contributed by atoms with Gasteiger partial charge in [0, 0.05) is 51.7 Å². The number of ether oxygens (including phenoxy) is 1. The lowest BCUT2D eigenvalue weighted by atomic mass is 10.1. The maximum absolute atomic E-state index is 12.6. The summed E-state index contributed by atoms with van der Waals surface area (Å²) < 4.78 is 7.78. The van der Waals surface area contributed by atoms with Crippen molar-refractivity contribution in [2.24, 2.45) is 5.73 Å². The number of pyridine rings is 1. The summed E-state index contributed by atoms with van der Waals surface area (Å²) in [6.45, 7) is 4.55. The molecule has 0 saturated carbocycles. The molecule has 2 N–H and O–H groups in total. The molecule has 0 radical (unpaired) electrons. The molecule has 25 heavy (non-hydrogen) atoms. The zero-order valence-electron chi connectivity index (χ0n) is 14.4. The lowest BCUT2D eigenvalue weighted by Crippen LogP contribution is -2.51. The summed E-state index contributed by atoms with van der Waals surface area (Å²) in [4.78, 5) is 21.5. The molecule has 0 spiro atoms. The van der Waals surface area contributed by atoms with Crippen LogP contribution in [-0.4, -0.2) is 70.0 Å². The Morgan fingerprint density at radius 1 is 1.24 bits per heavy atom. The van der Waals surface area contributed by atoms with Gasteiger partial charge >= 0.3 is 0 Å². The van der Waals surface area contributed by atoms with E-state index in [1.165, 1.54) is 0 Å². The van der Waals surface area contributed by atoms with Crippen molar-refractivity contribution in [2.75, 3.05) is 32.7 Å². The molecule has 2 aliphatic heterocycles. The van der Waals surface area contributed by atoms with Crippen molar-refractivity contribution < 1.29 is 9.53 Å². The Morgan fingerprint density at radius 3 is 2.80 bits per heavy atom. The topological polar surface area (TPSA) is 76.1 Å². The third kappa shape index (κ3) is 3.53. The minimum atomic E-state index is -0.293. The van der Waals surface area contributed by atoms with Gasteiger partial charge in [-0.25, -0.2) is 4.98 Å². The van der Waals surface area contributed by atoms with Gasteiger partial charge in [-0.3, -0.25) is 9.69 Å². The maximum Gasteiger partial charge on any atom is 0.251 e. The number of fused-ring (bicyclic) bond motifs is 1. The fourth-order valence-electron chi connectivity index (χ4n) is 3.68. The van der Waals surface area contributed by atoms with E-state index in [1.54, 1.807) is 0 Å². The van der Waals surface area contributed by atoms with Crippen molar-refractivity contribution in [2.45, 2.75) is 31.6 Å². The van der Waals surface area contributed by atoms with E-state index < -0.39 is 0 Å². The maximum atomic E-state index is 12.6. The summed E-state index contributed by atoms with van der Waals surface area (Å²) in [6, 6.07) is 6.01. The van der Waals surface area contributed by atoms with Crippen LogP contribution in [0.2, 0.25) is 0 Å². The molecule has 0 bridgehead atoms. The molecule has 134 valence electrons. The average molecular weight is 343 g/mol. The standard InChI is InChI=1S/C18H25N5O2/c19-11-15-4-5-16(25-15)18(24)22-9-7-21(8-10-22)12-14-13-23-6-2-1-3-17(23)20-14/h1-3,6,13,15-16H,4-5,7-12,19H2/t15-,16+/m1/s1. The number of aromatic nitrogens is 2. The number of carbonyl (C=O) groups is 1. The second-order valence-corrected chi connectivity index (χ2v) is 6.86. The molecule has 2 fully saturated rings. The minimum Gasteiger partial charge on any atom is -0.364 e. The van der Waals surface area contributed by atoms with Gasteiger partial charge in [0.15, 0.2) is 0 Å². The van der Waals surface area contributed by atoms with E-state index in [9.17, 15) is 4.79 Å². The van der Waals surface area contributed by atoms with Crippen molar-refractivity contribution in [1.82, 2.24) is 19.2 Å². The van der Waals surface area contributed by atoms with Crippen molar-refractivity contribution >= 4 is 11.6 Å². The summed E-state index contributed by atoms with van der Waals surface area (Å²) in [5.74, 6) is 0.128. The summed E-state index contributed by atoms with van der Waals surface area (Å²) in [5.41, 5.74) is 7.67. The fraction of sp³-hybridized carbons (Fsp3) is 0.556. The Bertz CT molecular complexity index is 705. The first-order valence-corrected chi connectivity index (χ1v) is 9.02. The number of rotatable bonds is 4. The summed E-state index contributed by atoms with van der Waals surface area (Å²) in [7, 11) is 0. The number of imidazole rings is 1. The molecule has 2 aromatic rings. The van der Waals surface area contributed by atoms with E-state index in [2.05, 4.69) is 16.1 Å². The van der Waals surface area contributed by atoms with E-state index >= 15 is 0 Å². The van der Waals surface area contributed by atoms with Gasteiger partial charge in [0.1, 0.15) is 11.8 Å². The zero-order chi connectivity index (χ0) is 17.2. The van der Waals surface area contributed by atoms with Crippen LogP contribution in [0.5, 0.6) is 0 Å². The highest BCUT2D eigenvalue weighted by molar-refractivity contribution is 5.81. The Morgan fingerprint density at radius 2 is 2.08 bits per heavy atom. The van der Waals surface area contributed by atoms with Crippen LogP contribution in [0.25, 0.3) is 5.65 Å². The van der Waals surface area contributed by atoms with E-state index in [0.717, 1.165) is 56.9 Å². The van der Waals surface area contributed by atoms with Crippen molar-refractivity contribution in [3.63, 3.8) is 0 Å². The summed E-state index contributed by atoms with van der Waals surface area (Å²) >= 11 is 0. The Kier molecular flexibility index (Phi) is 4.70. The minimum absolute atomic E-state index is 0.0466. The second kappa shape index (κ2) is 7.11. The highest BCUT2D eigenvalue weighted by Gasteiger charge is 2.34. The van der Waals surface area contributed by atoms with Crippen LogP contribution in [0.1, 0.15) is 18.5 Å². The molecule has 7 nitrogen and oxygen atoms in total. The van der Waals surface area contributed by atoms with Crippen LogP contribution < -0.4 is 5.73 Å². The van der Waals surface area contributed by atoms with Gasteiger partial charge in [0.05, 0.1) is 11.8 Å². The van der Waals surface area contributed by atoms with E-state index in [1.807, 2.05) is 33.7 Å². The molecular formula is C18H25N5O2. The van der Waals surface area contributed by atoms with Crippen LogP contribution in [0.15, 0.2) is 30.6 Å². The van der Waals surface area contributed by atoms with Gasteiger partial charge in [0.25, 0.3) is 5.91 Å². The van der Waals surface area contributed by atoms with Crippen molar-refractivity contribution in [3.8, 4) is 0 Å². The number of hydrogen-bond donors (Lipinski definition) is 1. The molecule has 7 heteroatoms. The van der Waals surface area contributed by atoms with E-state index in [0.29, 0.717) is 6.54 Å². The third-order valence-electron chi connectivity index (χ3n) is 5.13. The van der Waals surface area contributed by atoms with Gasteiger partial charge in [0.2, 0.25) is 0 Å². The first-order chi connectivity index (χ1) is 12.2. The van der Waals surface area contributed by atoms with Crippen LogP contribution in [0.3, 0.4) is 0 Å². The molecule has 2 aromatic heterocycles. The van der Waals surface area contributed by atoms with Crippen LogP contribution in [0, 0.1) is 0 Å². The lowest BCUT2D eigenvalue weighted by molar-refractivity contribution is -0.144. The number of hydrogen-bond acceptors (Lipinski definition) is 5. The van der Waals surface area contributed by atoms with E-state index in [4.69, 9.17) is 10.5 Å². The number of carbonyl (C=O) groups excluding carboxylic acids is 1. The molecule has 0 aliphatic carbocycles. The lowest BCUT2D eigenvalue weighted by Gasteiger charge is -2.35. The molecule has 2 aliphatic rings. The largest absolute Gasteiger partial charge is 0.364 e. The Hall–Kier alpha value is -1.96. The third-order valence-corrected chi connectivity index (χ3v) is 5.13. The fourth-order valence-corrected chi connectivity index (χ4v) is 3.68. The SMILES string of the molecule is NC[C@H]1CC[C@@H](C(=O)N2CCN(Cc3cn4ccccc4n3)CC2)O1. The molecule has 1 amide bonds. The molecule has 4 rings (SSSR count). The van der Waals surface area contributed by atoms with Gasteiger partial charge in [-0.1, -0.05) is 6.07 Å². The zero-order valence-corrected chi connectivity index (χ0v) is 14.4. The van der Waals surface area contributed by atoms with Crippen LogP contribution in [-0.2, 0) is 16.1 Å². The summed E-state index contributed by atoms with van der Waals surface area (Å²) in [5, 5.41) is 0. The molecule has 4 heterocycles. The quantitative estimate of drug-likeness (QED) is 0.874. The highest BCUT2D eigenvalue weighted by Crippen LogP contribution is 2.21. The van der Waals surface area contributed by atoms with Gasteiger partial charge < -0.3 is 19.8 Å². The molecular weight excluding hydrogens is 318 g/mol. The van der Waals surface area contributed by atoms with Crippen LogP contribution >= 0.6 is 0 Å². The number of nitrogens with two attached hydrogens (primary N) is 1. The Balaban J connectivity index is 1.30. The molecule has 0 aromatic carbocycles. The van der Waals surface area contributed by atoms with Crippen LogP contribution in [0.4, 0.5) is 0 Å². The highest BCUT2D eigenvalue weighted by atomic mass is 16.5. The van der Waals surface area contributed by atoms with E-state index in [-0.39, 0.29) is 18.1 Å². The average Bonchev–Trinajstić information content (AvgIpc) is 3.28. The number of amides is 1. The molecule has 2 atom stereocenters. The Labute approximate surface area is 147 Å². The predicted octanol–water partition coefficient (Wildman–Crippen LogP) is 0.485.